The Morgan fingerprint density at radius 1 is 1.18 bits per heavy atom. The quantitative estimate of drug-likeness (QED) is 0.788. The Labute approximate surface area is 107 Å². The molecular formula is C15H25NSi. The minimum absolute atomic E-state index is 0.687. The van der Waals surface area contributed by atoms with Gasteiger partial charge in [0.1, 0.15) is 0 Å². The smallest absolute Gasteiger partial charge is 0.0775 e. The van der Waals surface area contributed by atoms with E-state index in [1.165, 1.54) is 18.4 Å². The maximum Gasteiger partial charge on any atom is 0.0775 e. The van der Waals surface area contributed by atoms with Crippen molar-refractivity contribution in [2.75, 3.05) is 0 Å². The van der Waals surface area contributed by atoms with Gasteiger partial charge in [-0.1, -0.05) is 49.1 Å². The van der Waals surface area contributed by atoms with Gasteiger partial charge >= 0.3 is 0 Å². The van der Waals surface area contributed by atoms with Crippen molar-refractivity contribution >= 4 is 13.3 Å². The first-order chi connectivity index (χ1) is 7.97. The molecule has 0 radical (unpaired) electrons. The van der Waals surface area contributed by atoms with Gasteiger partial charge in [0.2, 0.25) is 0 Å². The molecule has 0 heterocycles. The van der Waals surface area contributed by atoms with Crippen molar-refractivity contribution in [1.29, 1.82) is 0 Å². The maximum absolute atomic E-state index is 3.63. The fourth-order valence-electron chi connectivity index (χ4n) is 2.16. The van der Waals surface area contributed by atoms with Crippen LogP contribution in [0, 0.1) is 5.92 Å². The molecule has 17 heavy (non-hydrogen) atoms. The summed E-state index contributed by atoms with van der Waals surface area (Å²) in [6.07, 6.45) is 2.84. The molecule has 1 unspecified atom stereocenters. The van der Waals surface area contributed by atoms with Crippen LogP contribution in [0.25, 0.3) is 0 Å². The molecule has 1 aromatic rings. The minimum atomic E-state index is -1.13. The summed E-state index contributed by atoms with van der Waals surface area (Å²) >= 11 is 0. The predicted molar refractivity (Wildman–Crippen MR) is 78.4 cm³/mol. The van der Waals surface area contributed by atoms with Gasteiger partial charge in [0.25, 0.3) is 0 Å². The van der Waals surface area contributed by atoms with E-state index in [9.17, 15) is 0 Å². The Bertz CT molecular complexity index is 360. The van der Waals surface area contributed by atoms with Crippen LogP contribution in [0.2, 0.25) is 19.6 Å². The van der Waals surface area contributed by atoms with Crippen molar-refractivity contribution in [3.05, 3.63) is 29.8 Å². The molecule has 0 aromatic heterocycles. The number of hydrogen-bond donors (Lipinski definition) is 1. The van der Waals surface area contributed by atoms with Crippen LogP contribution < -0.4 is 10.5 Å². The van der Waals surface area contributed by atoms with E-state index in [-0.39, 0.29) is 0 Å². The molecule has 1 nitrogen and oxygen atoms in total. The van der Waals surface area contributed by atoms with Crippen molar-refractivity contribution in [3.63, 3.8) is 0 Å². The molecule has 0 amide bonds. The summed E-state index contributed by atoms with van der Waals surface area (Å²) in [7, 11) is -1.13. The highest BCUT2D eigenvalue weighted by Gasteiger charge is 2.27. The van der Waals surface area contributed by atoms with E-state index in [0.29, 0.717) is 6.04 Å². The third-order valence-corrected chi connectivity index (χ3v) is 5.84. The highest BCUT2D eigenvalue weighted by atomic mass is 28.3. The van der Waals surface area contributed by atoms with E-state index in [1.807, 2.05) is 0 Å². The van der Waals surface area contributed by atoms with Crippen molar-refractivity contribution in [2.45, 2.75) is 52.0 Å². The molecule has 2 heteroatoms. The first-order valence-electron chi connectivity index (χ1n) is 6.79. The Hall–Kier alpha value is -0.603. The normalized spacial score (nSPS) is 18.1. The van der Waals surface area contributed by atoms with Gasteiger partial charge < -0.3 is 5.32 Å². The molecule has 1 N–H and O–H groups in total. The van der Waals surface area contributed by atoms with Crippen LogP contribution in [0.4, 0.5) is 0 Å². The molecule has 0 bridgehead atoms. The van der Waals surface area contributed by atoms with Crippen molar-refractivity contribution in [1.82, 2.24) is 5.32 Å². The van der Waals surface area contributed by atoms with Crippen LogP contribution in [0.3, 0.4) is 0 Å². The molecular weight excluding hydrogens is 222 g/mol. The first kappa shape index (κ1) is 12.8. The molecule has 0 aliphatic heterocycles. The van der Waals surface area contributed by atoms with Crippen molar-refractivity contribution in [2.24, 2.45) is 5.92 Å². The van der Waals surface area contributed by atoms with Gasteiger partial charge in [-0.3, -0.25) is 0 Å². The number of nitrogens with one attached hydrogen (secondary N) is 1. The van der Waals surface area contributed by atoms with Crippen LogP contribution in [-0.2, 0) is 6.54 Å². The van der Waals surface area contributed by atoms with Crippen molar-refractivity contribution < 1.29 is 0 Å². The highest BCUT2D eigenvalue weighted by Crippen LogP contribution is 2.32. The van der Waals surface area contributed by atoms with Gasteiger partial charge in [0, 0.05) is 12.6 Å². The average Bonchev–Trinajstić information content (AvgIpc) is 3.09. The summed E-state index contributed by atoms with van der Waals surface area (Å²) in [4.78, 5) is 0. The molecule has 0 saturated heterocycles. The van der Waals surface area contributed by atoms with E-state index in [0.717, 1.165) is 12.5 Å². The van der Waals surface area contributed by atoms with Gasteiger partial charge in [-0.05, 0) is 31.2 Å². The van der Waals surface area contributed by atoms with E-state index in [4.69, 9.17) is 0 Å². The molecule has 1 saturated carbocycles. The van der Waals surface area contributed by atoms with Crippen LogP contribution >= 0.6 is 0 Å². The van der Waals surface area contributed by atoms with Crippen molar-refractivity contribution in [3.8, 4) is 0 Å². The SMILES string of the molecule is CC(NCc1ccc([Si](C)(C)C)cc1)C1CC1. The molecule has 1 aliphatic rings. The largest absolute Gasteiger partial charge is 0.310 e. The molecule has 1 atom stereocenters. The second kappa shape index (κ2) is 4.95. The topological polar surface area (TPSA) is 12.0 Å². The van der Waals surface area contributed by atoms with E-state index >= 15 is 0 Å². The molecule has 1 aromatic carbocycles. The Morgan fingerprint density at radius 2 is 1.76 bits per heavy atom. The third-order valence-electron chi connectivity index (χ3n) is 3.78. The van der Waals surface area contributed by atoms with E-state index in [2.05, 4.69) is 56.1 Å². The lowest BCUT2D eigenvalue weighted by molar-refractivity contribution is 0.496. The van der Waals surface area contributed by atoms with E-state index < -0.39 is 8.07 Å². The van der Waals surface area contributed by atoms with Crippen LogP contribution in [0.1, 0.15) is 25.3 Å². The summed E-state index contributed by atoms with van der Waals surface area (Å²) in [5, 5.41) is 5.18. The summed E-state index contributed by atoms with van der Waals surface area (Å²) < 4.78 is 0. The Morgan fingerprint density at radius 3 is 2.24 bits per heavy atom. The second-order valence-electron chi connectivity index (χ2n) is 6.45. The van der Waals surface area contributed by atoms with Gasteiger partial charge in [-0.2, -0.15) is 0 Å². The number of benzene rings is 1. The summed E-state index contributed by atoms with van der Waals surface area (Å²) in [6.45, 7) is 10.5. The maximum atomic E-state index is 3.63. The summed E-state index contributed by atoms with van der Waals surface area (Å²) in [5.74, 6) is 0.941. The lowest BCUT2D eigenvalue weighted by atomic mass is 10.2. The van der Waals surface area contributed by atoms with E-state index in [1.54, 1.807) is 5.19 Å². The standard InChI is InChI=1S/C15H25NSi/c1-12(14-7-8-14)16-11-13-5-9-15(10-6-13)17(2,3)4/h5-6,9-10,12,14,16H,7-8,11H2,1-4H3. The van der Waals surface area contributed by atoms with Crippen LogP contribution in [0.5, 0.6) is 0 Å². The van der Waals surface area contributed by atoms with Gasteiger partial charge in [-0.15, -0.1) is 0 Å². The molecule has 1 aliphatic carbocycles. The van der Waals surface area contributed by atoms with Crippen LogP contribution in [-0.4, -0.2) is 14.1 Å². The fourth-order valence-corrected chi connectivity index (χ4v) is 3.33. The molecule has 1 fully saturated rings. The predicted octanol–water partition coefficient (Wildman–Crippen LogP) is 3.12. The van der Waals surface area contributed by atoms with Gasteiger partial charge in [-0.25, -0.2) is 0 Å². The molecule has 94 valence electrons. The second-order valence-corrected chi connectivity index (χ2v) is 11.5. The zero-order valence-corrected chi connectivity index (χ0v) is 12.6. The third kappa shape index (κ3) is 3.68. The molecule has 2 rings (SSSR count). The number of hydrogen-bond acceptors (Lipinski definition) is 1. The zero-order chi connectivity index (χ0) is 12.5. The van der Waals surface area contributed by atoms with Gasteiger partial charge in [0.15, 0.2) is 0 Å². The minimum Gasteiger partial charge on any atom is -0.310 e. The zero-order valence-electron chi connectivity index (χ0n) is 11.6. The van der Waals surface area contributed by atoms with Crippen LogP contribution in [0.15, 0.2) is 24.3 Å². The average molecular weight is 247 g/mol. The summed E-state index contributed by atoms with van der Waals surface area (Å²) in [6, 6.07) is 9.92. The first-order valence-corrected chi connectivity index (χ1v) is 10.3. The lowest BCUT2D eigenvalue weighted by Gasteiger charge is -2.17. The monoisotopic (exact) mass is 247 g/mol. The van der Waals surface area contributed by atoms with Gasteiger partial charge in [0.05, 0.1) is 8.07 Å². The Balaban J connectivity index is 1.89. The lowest BCUT2D eigenvalue weighted by Crippen LogP contribution is -2.37. The summed E-state index contributed by atoms with van der Waals surface area (Å²) in [5.41, 5.74) is 1.42. The molecule has 0 spiro atoms. The Kier molecular flexibility index (Phi) is 3.74. The fraction of sp³-hybridized carbons (Fsp3) is 0.600. The highest BCUT2D eigenvalue weighted by molar-refractivity contribution is 6.88. The number of rotatable bonds is 5.